The van der Waals surface area contributed by atoms with Crippen molar-refractivity contribution in [2.75, 3.05) is 0 Å². The number of fused-ring (bicyclic) bond motifs is 6. The van der Waals surface area contributed by atoms with E-state index in [0.717, 1.165) is 0 Å². The Morgan fingerprint density at radius 2 is 0.554 bits per heavy atom. The van der Waals surface area contributed by atoms with Gasteiger partial charge in [0.2, 0.25) is 0 Å². The van der Waals surface area contributed by atoms with Crippen molar-refractivity contribution in [3.05, 3.63) is 82.9 Å². The van der Waals surface area contributed by atoms with Crippen LogP contribution in [0.25, 0.3) is 53.9 Å². The van der Waals surface area contributed by atoms with E-state index in [4.69, 9.17) is 0 Å². The molecule has 0 aliphatic heterocycles. The maximum atomic E-state index is 2.63. The van der Waals surface area contributed by atoms with Gasteiger partial charge in [-0.2, -0.15) is 0 Å². The first-order chi connectivity index (χ1) is 27.7. The van der Waals surface area contributed by atoms with E-state index in [2.05, 4.69) is 88.4 Å². The fourth-order valence-corrected chi connectivity index (χ4v) is 10.1. The van der Waals surface area contributed by atoms with Crippen LogP contribution in [0.3, 0.4) is 0 Å². The van der Waals surface area contributed by atoms with Gasteiger partial charge in [0.1, 0.15) is 0 Å². The third-order valence-electron chi connectivity index (χ3n) is 13.4. The van der Waals surface area contributed by atoms with Crippen molar-refractivity contribution in [3.8, 4) is 0 Å². The summed E-state index contributed by atoms with van der Waals surface area (Å²) >= 11 is 0. The van der Waals surface area contributed by atoms with Crippen LogP contribution < -0.4 is 0 Å². The molecule has 56 heavy (non-hydrogen) atoms. The Kier molecular flexibility index (Phi) is 17.2. The Morgan fingerprint density at radius 1 is 0.250 bits per heavy atom. The number of hydrogen-bond acceptors (Lipinski definition) is 0. The first-order valence-electron chi connectivity index (χ1n) is 24.3. The highest BCUT2D eigenvalue weighted by Crippen LogP contribution is 2.48. The predicted molar refractivity (Wildman–Crippen MR) is 253 cm³/mol. The molecule has 0 atom stereocenters. The Bertz CT molecular complexity index is 1910. The number of aryl methyl sites for hydroxylation is 4. The number of hydrogen-bond donors (Lipinski definition) is 0. The molecule has 0 nitrogen and oxygen atoms in total. The summed E-state index contributed by atoms with van der Waals surface area (Å²) < 4.78 is 0. The molecule has 0 unspecified atom stereocenters. The van der Waals surface area contributed by atoms with Crippen LogP contribution in [-0.2, 0) is 25.7 Å². The van der Waals surface area contributed by atoms with Gasteiger partial charge in [0.15, 0.2) is 0 Å². The molecular weight excluding hydrogens is 673 g/mol. The fourth-order valence-electron chi connectivity index (χ4n) is 10.1. The fraction of sp³-hybridized carbons (Fsp3) is 0.571. The molecule has 6 aromatic carbocycles. The largest absolute Gasteiger partial charge is 0.0654 e. The lowest BCUT2D eigenvalue weighted by atomic mass is 9.81. The van der Waals surface area contributed by atoms with Crippen LogP contribution in [0.15, 0.2) is 60.7 Å². The third kappa shape index (κ3) is 10.7. The zero-order valence-electron chi connectivity index (χ0n) is 36.6. The minimum atomic E-state index is 1.18. The van der Waals surface area contributed by atoms with E-state index in [1.54, 1.807) is 32.7 Å². The van der Waals surface area contributed by atoms with Crippen molar-refractivity contribution in [1.82, 2.24) is 0 Å². The van der Waals surface area contributed by atoms with Crippen LogP contribution in [0.2, 0.25) is 0 Å². The third-order valence-corrected chi connectivity index (χ3v) is 13.4. The Morgan fingerprint density at radius 3 is 0.911 bits per heavy atom. The highest BCUT2D eigenvalue weighted by atomic mass is 14.2. The van der Waals surface area contributed by atoms with E-state index in [1.165, 1.54) is 223 Å². The molecule has 0 heterocycles. The molecule has 0 fully saturated rings. The van der Waals surface area contributed by atoms with Gasteiger partial charge in [-0.05, 0) is 127 Å². The summed E-state index contributed by atoms with van der Waals surface area (Å²) in [5.74, 6) is 0. The summed E-state index contributed by atoms with van der Waals surface area (Å²) in [4.78, 5) is 0. The van der Waals surface area contributed by atoms with Gasteiger partial charge in [0.05, 0.1) is 0 Å². The van der Waals surface area contributed by atoms with Crippen LogP contribution in [0.4, 0.5) is 0 Å². The van der Waals surface area contributed by atoms with Crippen LogP contribution in [-0.4, -0.2) is 0 Å². The van der Waals surface area contributed by atoms with Crippen LogP contribution >= 0.6 is 0 Å². The first-order valence-corrected chi connectivity index (χ1v) is 24.3. The second-order valence-electron chi connectivity index (χ2n) is 17.9. The molecule has 0 radical (unpaired) electrons. The summed E-state index contributed by atoms with van der Waals surface area (Å²) in [6.07, 6.45) is 37.2. The molecule has 0 heteroatoms. The molecule has 6 rings (SSSR count). The normalized spacial score (nSPS) is 12.1. The van der Waals surface area contributed by atoms with E-state index in [0.29, 0.717) is 0 Å². The number of benzene rings is 6. The van der Waals surface area contributed by atoms with Gasteiger partial charge < -0.3 is 0 Å². The highest BCUT2D eigenvalue weighted by molar-refractivity contribution is 6.40. The molecule has 0 saturated heterocycles. The lowest BCUT2D eigenvalue weighted by Gasteiger charge is -2.22. The molecule has 0 amide bonds. The quantitative estimate of drug-likeness (QED) is 0.0266. The number of unbranched alkanes of at least 4 members (excludes halogenated alkanes) is 20. The average Bonchev–Trinajstić information content (AvgIpc) is 3.22. The Balaban J connectivity index is 1.48. The topological polar surface area (TPSA) is 0 Å². The maximum absolute atomic E-state index is 2.63. The molecule has 0 aromatic heterocycles. The summed E-state index contributed by atoms with van der Waals surface area (Å²) in [5, 5.41) is 15.2. The lowest BCUT2D eigenvalue weighted by Crippen LogP contribution is -1.98. The molecule has 6 aromatic rings. The van der Waals surface area contributed by atoms with E-state index in [-0.39, 0.29) is 0 Å². The maximum Gasteiger partial charge on any atom is -0.00110 e. The summed E-state index contributed by atoms with van der Waals surface area (Å²) in [6.45, 7) is 9.30. The van der Waals surface area contributed by atoms with Crippen molar-refractivity contribution >= 4 is 53.9 Å². The molecular formula is C56H78. The monoisotopic (exact) mass is 751 g/mol. The lowest BCUT2D eigenvalue weighted by molar-refractivity contribution is 0.607. The van der Waals surface area contributed by atoms with Crippen molar-refractivity contribution in [1.29, 1.82) is 0 Å². The van der Waals surface area contributed by atoms with Gasteiger partial charge in [-0.25, -0.2) is 0 Å². The molecule has 0 N–H and O–H groups in total. The van der Waals surface area contributed by atoms with Gasteiger partial charge in [-0.15, -0.1) is 0 Å². The molecule has 0 aliphatic rings. The first kappa shape index (κ1) is 42.5. The van der Waals surface area contributed by atoms with Crippen molar-refractivity contribution in [2.45, 2.75) is 207 Å². The SMILES string of the molecule is CCCCCCCCc1ccc2c(c1)c1c(CCCCCCCC)ccc3c4ccc(CCCCCCCC)cc4c4c(CCCCCCCC)ccc2c4c31. The van der Waals surface area contributed by atoms with Crippen LogP contribution in [0.5, 0.6) is 0 Å². The Labute approximate surface area is 342 Å². The minimum absolute atomic E-state index is 1.18. The zero-order chi connectivity index (χ0) is 39.0. The van der Waals surface area contributed by atoms with E-state index in [1.807, 2.05) is 0 Å². The van der Waals surface area contributed by atoms with E-state index >= 15 is 0 Å². The van der Waals surface area contributed by atoms with E-state index in [9.17, 15) is 0 Å². The second kappa shape index (κ2) is 22.7. The van der Waals surface area contributed by atoms with Crippen molar-refractivity contribution in [3.63, 3.8) is 0 Å². The smallest absolute Gasteiger partial charge is 0.00110 e. The molecule has 302 valence electrons. The van der Waals surface area contributed by atoms with Gasteiger partial charge in [-0.3, -0.25) is 0 Å². The molecule has 0 bridgehead atoms. The summed E-state index contributed by atoms with van der Waals surface area (Å²) in [7, 11) is 0. The average molecular weight is 751 g/mol. The molecule has 0 spiro atoms. The van der Waals surface area contributed by atoms with Crippen LogP contribution in [0.1, 0.15) is 204 Å². The van der Waals surface area contributed by atoms with Crippen molar-refractivity contribution < 1.29 is 0 Å². The minimum Gasteiger partial charge on any atom is -0.0654 e. The highest BCUT2D eigenvalue weighted by Gasteiger charge is 2.21. The predicted octanol–water partition coefficient (Wildman–Crippen LogP) is 18.5. The van der Waals surface area contributed by atoms with Gasteiger partial charge >= 0.3 is 0 Å². The standard InChI is InChI=1S/C56H78/c1-5-9-13-17-21-25-29-43-33-37-47-49-39-36-46(32-28-24-20-16-12-8-4)54-52-42-44(30-26-22-18-14-10-6-2)34-38-48(52)50-40-35-45(31-27-23-19-15-11-7-3)53(51(47)41-43)55(50)56(49)54/h33-42H,5-32H2,1-4H3. The van der Waals surface area contributed by atoms with Gasteiger partial charge in [-0.1, -0.05) is 217 Å². The number of rotatable bonds is 28. The summed E-state index contributed by atoms with van der Waals surface area (Å²) in [6, 6.07) is 25.5. The van der Waals surface area contributed by atoms with Gasteiger partial charge in [0.25, 0.3) is 0 Å². The zero-order valence-corrected chi connectivity index (χ0v) is 36.6. The summed E-state index contributed by atoms with van der Waals surface area (Å²) in [5.41, 5.74) is 6.22. The second-order valence-corrected chi connectivity index (χ2v) is 17.9. The van der Waals surface area contributed by atoms with E-state index < -0.39 is 0 Å². The van der Waals surface area contributed by atoms with Crippen LogP contribution in [0, 0.1) is 0 Å². The van der Waals surface area contributed by atoms with Gasteiger partial charge in [0, 0.05) is 0 Å². The Hall–Kier alpha value is -3.12. The molecule has 0 saturated carbocycles. The van der Waals surface area contributed by atoms with Crippen molar-refractivity contribution in [2.24, 2.45) is 0 Å². The molecule has 0 aliphatic carbocycles.